The highest BCUT2D eigenvalue weighted by Gasteiger charge is 2.29. The van der Waals surface area contributed by atoms with Gasteiger partial charge in [0.25, 0.3) is 5.91 Å². The van der Waals surface area contributed by atoms with Gasteiger partial charge in [0.05, 0.1) is 15.3 Å². The van der Waals surface area contributed by atoms with Crippen molar-refractivity contribution in [2.45, 2.75) is 25.9 Å². The van der Waals surface area contributed by atoms with Crippen molar-refractivity contribution in [3.63, 3.8) is 0 Å². The van der Waals surface area contributed by atoms with Gasteiger partial charge in [0.1, 0.15) is 0 Å². The number of amides is 1. The molecule has 1 aliphatic heterocycles. The van der Waals surface area contributed by atoms with Gasteiger partial charge in [0.2, 0.25) is 0 Å². The molecule has 0 radical (unpaired) electrons. The Morgan fingerprint density at radius 1 is 1.39 bits per heavy atom. The van der Waals surface area contributed by atoms with Crippen LogP contribution in [0.5, 0.6) is 5.75 Å². The molecule has 1 fully saturated rings. The third-order valence-electron chi connectivity index (χ3n) is 5.08. The van der Waals surface area contributed by atoms with Gasteiger partial charge in [-0.15, -0.1) is 0 Å². The SMILES string of the molecule is C[C@@H]1CN(C(=O)c2cc(-c3ccc(O)c(F)c3Cl)cc3cnsc23)[C@@H](C)CN1. The summed E-state index contributed by atoms with van der Waals surface area (Å²) in [5, 5.41) is 13.5. The first-order valence-corrected chi connectivity index (χ1v) is 10.1. The Bertz CT molecular complexity index is 1070. The molecule has 8 heteroatoms. The molecule has 0 aliphatic carbocycles. The molecule has 2 N–H and O–H groups in total. The van der Waals surface area contributed by atoms with Gasteiger partial charge in [-0.3, -0.25) is 4.79 Å². The van der Waals surface area contributed by atoms with Crippen molar-refractivity contribution in [1.29, 1.82) is 0 Å². The summed E-state index contributed by atoms with van der Waals surface area (Å²) in [5.74, 6) is -1.46. The lowest BCUT2D eigenvalue weighted by Crippen LogP contribution is -2.56. The Morgan fingerprint density at radius 3 is 2.96 bits per heavy atom. The first-order valence-electron chi connectivity index (χ1n) is 8.97. The minimum Gasteiger partial charge on any atom is -0.505 e. The second kappa shape index (κ2) is 7.31. The second-order valence-electron chi connectivity index (χ2n) is 7.14. The highest BCUT2D eigenvalue weighted by molar-refractivity contribution is 7.13. The number of fused-ring (bicyclic) bond motifs is 1. The quantitative estimate of drug-likeness (QED) is 0.650. The van der Waals surface area contributed by atoms with Crippen LogP contribution in [0.2, 0.25) is 5.02 Å². The highest BCUT2D eigenvalue weighted by Crippen LogP contribution is 2.37. The minimum absolute atomic E-state index is 0.0602. The fourth-order valence-electron chi connectivity index (χ4n) is 3.52. The molecule has 1 aliphatic rings. The van der Waals surface area contributed by atoms with Crippen LogP contribution in [0.4, 0.5) is 4.39 Å². The van der Waals surface area contributed by atoms with Crippen LogP contribution in [-0.4, -0.2) is 45.5 Å². The van der Waals surface area contributed by atoms with Crippen molar-refractivity contribution in [2.75, 3.05) is 13.1 Å². The number of carbonyl (C=O) groups excluding carboxylic acids is 1. The van der Waals surface area contributed by atoms with Crippen molar-refractivity contribution < 1.29 is 14.3 Å². The molecule has 3 aromatic rings. The average Bonchev–Trinajstić information content (AvgIpc) is 3.15. The van der Waals surface area contributed by atoms with E-state index in [4.69, 9.17) is 11.6 Å². The van der Waals surface area contributed by atoms with E-state index in [2.05, 4.69) is 9.69 Å². The van der Waals surface area contributed by atoms with Crippen LogP contribution in [-0.2, 0) is 0 Å². The number of nitrogens with one attached hydrogen (secondary N) is 1. The van der Waals surface area contributed by atoms with E-state index in [1.165, 1.54) is 17.6 Å². The number of benzene rings is 2. The second-order valence-corrected chi connectivity index (χ2v) is 8.32. The molecule has 0 saturated carbocycles. The maximum atomic E-state index is 14.1. The van der Waals surface area contributed by atoms with Crippen LogP contribution in [0.3, 0.4) is 0 Å². The summed E-state index contributed by atoms with van der Waals surface area (Å²) < 4.78 is 19.1. The molecular formula is C20H19ClFN3O2S. The Kier molecular flexibility index (Phi) is 4.99. The number of phenols is 1. The lowest BCUT2D eigenvalue weighted by molar-refractivity contribution is 0.0618. The maximum absolute atomic E-state index is 14.1. The molecule has 1 saturated heterocycles. The zero-order valence-electron chi connectivity index (χ0n) is 15.4. The zero-order valence-corrected chi connectivity index (χ0v) is 16.9. The van der Waals surface area contributed by atoms with Crippen molar-refractivity contribution in [3.8, 4) is 16.9 Å². The molecule has 28 heavy (non-hydrogen) atoms. The molecule has 0 unspecified atom stereocenters. The van der Waals surface area contributed by atoms with Gasteiger partial charge in [-0.25, -0.2) is 4.39 Å². The third kappa shape index (κ3) is 3.23. The van der Waals surface area contributed by atoms with Crippen LogP contribution >= 0.6 is 23.1 Å². The first-order chi connectivity index (χ1) is 13.4. The van der Waals surface area contributed by atoms with Crippen LogP contribution < -0.4 is 5.32 Å². The molecule has 2 heterocycles. The van der Waals surface area contributed by atoms with Gasteiger partial charge >= 0.3 is 0 Å². The standard InChI is InChI=1S/C20H19ClFN3O2S/c1-10-9-25(11(2)7-23-10)20(27)15-6-12(5-13-8-24-28-19(13)15)14-3-4-16(26)18(22)17(14)21/h3-6,8,10-11,23,26H,7,9H2,1-2H3/t10-,11+/m1/s1. The summed E-state index contributed by atoms with van der Waals surface area (Å²) in [6.45, 7) is 5.40. The van der Waals surface area contributed by atoms with Gasteiger partial charge in [0, 0.05) is 42.3 Å². The van der Waals surface area contributed by atoms with Crippen LogP contribution in [0, 0.1) is 5.82 Å². The van der Waals surface area contributed by atoms with Crippen molar-refractivity contribution >= 4 is 39.1 Å². The molecule has 2 aromatic carbocycles. The normalized spacial score (nSPS) is 19.9. The van der Waals surface area contributed by atoms with Crippen LogP contribution in [0.25, 0.3) is 21.2 Å². The molecule has 4 rings (SSSR count). The summed E-state index contributed by atoms with van der Waals surface area (Å²) >= 11 is 7.39. The molecule has 146 valence electrons. The molecule has 0 spiro atoms. The topological polar surface area (TPSA) is 65.5 Å². The van der Waals surface area contributed by atoms with E-state index in [1.807, 2.05) is 24.8 Å². The Balaban J connectivity index is 1.84. The third-order valence-corrected chi connectivity index (χ3v) is 6.30. The predicted molar refractivity (Wildman–Crippen MR) is 110 cm³/mol. The number of phenolic OH excluding ortho intramolecular Hbond substituents is 1. The number of aromatic hydroxyl groups is 1. The van der Waals surface area contributed by atoms with Crippen LogP contribution in [0.1, 0.15) is 24.2 Å². The molecule has 1 amide bonds. The monoisotopic (exact) mass is 419 g/mol. The van der Waals surface area contributed by atoms with E-state index in [0.717, 1.165) is 16.6 Å². The molecule has 5 nitrogen and oxygen atoms in total. The van der Waals surface area contributed by atoms with E-state index < -0.39 is 11.6 Å². The number of halogens is 2. The van der Waals surface area contributed by atoms with Gasteiger partial charge in [-0.2, -0.15) is 4.37 Å². The lowest BCUT2D eigenvalue weighted by atomic mass is 9.99. The lowest BCUT2D eigenvalue weighted by Gasteiger charge is -2.37. The average molecular weight is 420 g/mol. The number of carbonyl (C=O) groups is 1. The fourth-order valence-corrected chi connectivity index (χ4v) is 4.52. The molecule has 0 bridgehead atoms. The van der Waals surface area contributed by atoms with Gasteiger partial charge in [-0.1, -0.05) is 11.6 Å². The highest BCUT2D eigenvalue weighted by atomic mass is 35.5. The first kappa shape index (κ1) is 19.1. The number of hydrogen-bond donors (Lipinski definition) is 2. The number of hydrogen-bond acceptors (Lipinski definition) is 5. The number of piperazine rings is 1. The summed E-state index contributed by atoms with van der Waals surface area (Å²) in [6, 6.07) is 6.64. The molecule has 2 atom stereocenters. The van der Waals surface area contributed by atoms with E-state index >= 15 is 0 Å². The van der Waals surface area contributed by atoms with Crippen LogP contribution in [0.15, 0.2) is 30.5 Å². The van der Waals surface area contributed by atoms with Crippen molar-refractivity contribution in [2.24, 2.45) is 0 Å². The largest absolute Gasteiger partial charge is 0.505 e. The predicted octanol–water partition coefficient (Wildman–Crippen LogP) is 4.28. The number of nitrogens with zero attached hydrogens (tertiary/aromatic N) is 2. The Morgan fingerprint density at radius 2 is 2.18 bits per heavy atom. The minimum atomic E-state index is -0.875. The molecular weight excluding hydrogens is 401 g/mol. The molecule has 1 aromatic heterocycles. The number of aromatic nitrogens is 1. The van der Waals surface area contributed by atoms with Gasteiger partial charge in [0.15, 0.2) is 11.6 Å². The van der Waals surface area contributed by atoms with E-state index in [9.17, 15) is 14.3 Å². The van der Waals surface area contributed by atoms with Gasteiger partial charge in [-0.05, 0) is 55.2 Å². The fraction of sp³-hybridized carbons (Fsp3) is 0.300. The smallest absolute Gasteiger partial charge is 0.255 e. The summed E-state index contributed by atoms with van der Waals surface area (Å²) in [4.78, 5) is 15.2. The summed E-state index contributed by atoms with van der Waals surface area (Å²) in [7, 11) is 0. The van der Waals surface area contributed by atoms with Crippen molar-refractivity contribution in [1.82, 2.24) is 14.6 Å². The van der Waals surface area contributed by atoms with E-state index in [1.54, 1.807) is 18.3 Å². The summed E-state index contributed by atoms with van der Waals surface area (Å²) in [6.07, 6.45) is 1.69. The van der Waals surface area contributed by atoms with Gasteiger partial charge < -0.3 is 15.3 Å². The number of rotatable bonds is 2. The maximum Gasteiger partial charge on any atom is 0.255 e. The Hall–Kier alpha value is -2.22. The van der Waals surface area contributed by atoms with E-state index in [-0.39, 0.29) is 23.0 Å². The zero-order chi connectivity index (χ0) is 20.0. The summed E-state index contributed by atoms with van der Waals surface area (Å²) in [5.41, 5.74) is 1.55. The van der Waals surface area contributed by atoms with Crippen molar-refractivity contribution in [3.05, 3.63) is 46.9 Å². The van der Waals surface area contributed by atoms with E-state index in [0.29, 0.717) is 23.2 Å². The Labute approximate surface area is 170 Å².